The number of aryl methyl sites for hydroxylation is 1. The maximum atomic E-state index is 11.1. The minimum Gasteiger partial charge on any atom is -0.375 e. The molecule has 0 amide bonds. The van der Waals surface area contributed by atoms with Crippen LogP contribution >= 0.6 is 0 Å². The summed E-state index contributed by atoms with van der Waals surface area (Å²) in [5, 5.41) is 14.3. The van der Waals surface area contributed by atoms with E-state index in [-0.39, 0.29) is 16.7 Å². The van der Waals surface area contributed by atoms with Crippen molar-refractivity contribution < 1.29 is 4.92 Å². The lowest BCUT2D eigenvalue weighted by molar-refractivity contribution is -0.384. The number of benzene rings is 1. The highest BCUT2D eigenvalue weighted by Crippen LogP contribution is 2.28. The van der Waals surface area contributed by atoms with Gasteiger partial charge in [0.15, 0.2) is 0 Å². The van der Waals surface area contributed by atoms with Crippen LogP contribution in [0.2, 0.25) is 0 Å². The number of para-hydroxylation sites is 1. The molecule has 1 unspecified atom stereocenters. The van der Waals surface area contributed by atoms with Crippen LogP contribution in [0.3, 0.4) is 0 Å². The third-order valence-electron chi connectivity index (χ3n) is 2.87. The van der Waals surface area contributed by atoms with Gasteiger partial charge in [0.25, 0.3) is 5.69 Å². The van der Waals surface area contributed by atoms with Crippen molar-refractivity contribution in [2.75, 3.05) is 5.32 Å². The van der Waals surface area contributed by atoms with Crippen molar-refractivity contribution in [2.45, 2.75) is 26.4 Å². The molecule has 1 aromatic carbocycles. The molecule has 0 aliphatic carbocycles. The van der Waals surface area contributed by atoms with Gasteiger partial charge in [0.1, 0.15) is 5.69 Å². The topological polar surface area (TPSA) is 73.0 Å². The molecule has 1 heterocycles. The molecule has 1 atom stereocenters. The van der Waals surface area contributed by atoms with Gasteiger partial charge < -0.3 is 9.88 Å². The zero-order chi connectivity index (χ0) is 13.8. The van der Waals surface area contributed by atoms with Gasteiger partial charge in [-0.2, -0.15) is 0 Å². The minimum atomic E-state index is -0.346. The SMILES string of the molecule is Cc1cccc(NC(C)Cn2ccnc2)c1[N+](=O)[O-]. The highest BCUT2D eigenvalue weighted by Gasteiger charge is 2.17. The number of anilines is 1. The van der Waals surface area contributed by atoms with Crippen LogP contribution in [0.4, 0.5) is 11.4 Å². The Kier molecular flexibility index (Phi) is 3.79. The number of aromatic nitrogens is 2. The smallest absolute Gasteiger partial charge is 0.295 e. The lowest BCUT2D eigenvalue weighted by atomic mass is 10.1. The lowest BCUT2D eigenvalue weighted by Crippen LogP contribution is -2.22. The third kappa shape index (κ3) is 3.09. The molecular formula is C13H16N4O2. The van der Waals surface area contributed by atoms with Crippen LogP contribution in [0, 0.1) is 17.0 Å². The van der Waals surface area contributed by atoms with Gasteiger partial charge in [0.2, 0.25) is 0 Å². The first-order chi connectivity index (χ1) is 9.08. The molecule has 0 fully saturated rings. The molecule has 0 aliphatic rings. The quantitative estimate of drug-likeness (QED) is 0.662. The van der Waals surface area contributed by atoms with Gasteiger partial charge >= 0.3 is 0 Å². The number of nitrogens with zero attached hydrogens (tertiary/aromatic N) is 3. The van der Waals surface area contributed by atoms with E-state index < -0.39 is 0 Å². The van der Waals surface area contributed by atoms with Crippen LogP contribution in [-0.4, -0.2) is 20.5 Å². The van der Waals surface area contributed by atoms with E-state index in [4.69, 9.17) is 0 Å². The van der Waals surface area contributed by atoms with Crippen molar-refractivity contribution in [3.63, 3.8) is 0 Å². The molecule has 6 heteroatoms. The summed E-state index contributed by atoms with van der Waals surface area (Å²) >= 11 is 0. The monoisotopic (exact) mass is 260 g/mol. The fraction of sp³-hybridized carbons (Fsp3) is 0.308. The summed E-state index contributed by atoms with van der Waals surface area (Å²) in [4.78, 5) is 14.7. The van der Waals surface area contributed by atoms with E-state index >= 15 is 0 Å². The summed E-state index contributed by atoms with van der Waals surface area (Å²) in [7, 11) is 0. The maximum absolute atomic E-state index is 11.1. The maximum Gasteiger partial charge on any atom is 0.295 e. The second-order valence-corrected chi connectivity index (χ2v) is 4.53. The van der Waals surface area contributed by atoms with Gasteiger partial charge in [-0.15, -0.1) is 0 Å². The Morgan fingerprint density at radius 1 is 1.53 bits per heavy atom. The zero-order valence-corrected chi connectivity index (χ0v) is 10.9. The van der Waals surface area contributed by atoms with Crippen molar-refractivity contribution in [1.82, 2.24) is 9.55 Å². The van der Waals surface area contributed by atoms with E-state index in [1.165, 1.54) is 0 Å². The van der Waals surface area contributed by atoms with Crippen LogP contribution in [0.5, 0.6) is 0 Å². The van der Waals surface area contributed by atoms with E-state index in [1.54, 1.807) is 31.6 Å². The van der Waals surface area contributed by atoms with Crippen LogP contribution in [0.15, 0.2) is 36.9 Å². The molecule has 100 valence electrons. The Labute approximate surface area is 111 Å². The number of nitrogens with one attached hydrogen (secondary N) is 1. The first kappa shape index (κ1) is 13.1. The molecule has 0 bridgehead atoms. The Morgan fingerprint density at radius 3 is 2.95 bits per heavy atom. The van der Waals surface area contributed by atoms with Gasteiger partial charge in [0.05, 0.1) is 11.3 Å². The normalized spacial score (nSPS) is 12.1. The van der Waals surface area contributed by atoms with Crippen LogP contribution in [-0.2, 0) is 6.54 Å². The van der Waals surface area contributed by atoms with Gasteiger partial charge in [0, 0.05) is 30.5 Å². The van der Waals surface area contributed by atoms with Gasteiger partial charge in [-0.05, 0) is 19.9 Å². The molecule has 19 heavy (non-hydrogen) atoms. The Morgan fingerprint density at radius 2 is 2.32 bits per heavy atom. The van der Waals surface area contributed by atoms with Crippen LogP contribution in [0.1, 0.15) is 12.5 Å². The lowest BCUT2D eigenvalue weighted by Gasteiger charge is -2.16. The van der Waals surface area contributed by atoms with Crippen molar-refractivity contribution in [3.8, 4) is 0 Å². The summed E-state index contributed by atoms with van der Waals surface area (Å²) in [6, 6.07) is 5.35. The molecule has 1 N–H and O–H groups in total. The highest BCUT2D eigenvalue weighted by atomic mass is 16.6. The van der Waals surface area contributed by atoms with E-state index in [0.717, 1.165) is 0 Å². The van der Waals surface area contributed by atoms with Gasteiger partial charge in [-0.25, -0.2) is 4.98 Å². The molecule has 1 aromatic heterocycles. The number of hydrogen-bond donors (Lipinski definition) is 1. The zero-order valence-electron chi connectivity index (χ0n) is 10.9. The Bertz CT molecular complexity index is 566. The Balaban J connectivity index is 2.14. The summed E-state index contributed by atoms with van der Waals surface area (Å²) in [6.45, 7) is 4.42. The number of hydrogen-bond acceptors (Lipinski definition) is 4. The van der Waals surface area contributed by atoms with Crippen LogP contribution < -0.4 is 5.32 Å². The predicted molar refractivity (Wildman–Crippen MR) is 73.1 cm³/mol. The average molecular weight is 260 g/mol. The number of nitro groups is 1. The summed E-state index contributed by atoms with van der Waals surface area (Å²) < 4.78 is 1.93. The molecule has 0 saturated carbocycles. The number of nitro benzene ring substituents is 1. The standard InChI is InChI=1S/C13H16N4O2/c1-10-4-3-5-12(13(10)17(18)19)15-11(2)8-16-7-6-14-9-16/h3-7,9,11,15H,8H2,1-2H3. The molecule has 2 rings (SSSR count). The van der Waals surface area contributed by atoms with Crippen molar-refractivity contribution in [3.05, 3.63) is 52.6 Å². The summed E-state index contributed by atoms with van der Waals surface area (Å²) in [5.74, 6) is 0. The largest absolute Gasteiger partial charge is 0.375 e. The first-order valence-electron chi connectivity index (χ1n) is 6.04. The Hall–Kier alpha value is -2.37. The molecule has 0 spiro atoms. The molecule has 0 aliphatic heterocycles. The first-order valence-corrected chi connectivity index (χ1v) is 6.04. The van der Waals surface area contributed by atoms with E-state index in [1.807, 2.05) is 23.8 Å². The molecule has 0 saturated heterocycles. The fourth-order valence-electron chi connectivity index (χ4n) is 2.04. The van der Waals surface area contributed by atoms with Gasteiger partial charge in [-0.1, -0.05) is 12.1 Å². The second kappa shape index (κ2) is 5.51. The van der Waals surface area contributed by atoms with Crippen molar-refractivity contribution in [2.24, 2.45) is 0 Å². The second-order valence-electron chi connectivity index (χ2n) is 4.53. The van der Waals surface area contributed by atoms with E-state index in [0.29, 0.717) is 17.8 Å². The highest BCUT2D eigenvalue weighted by molar-refractivity contribution is 5.65. The molecule has 6 nitrogen and oxygen atoms in total. The van der Waals surface area contributed by atoms with E-state index in [9.17, 15) is 10.1 Å². The average Bonchev–Trinajstić information content (AvgIpc) is 2.81. The summed E-state index contributed by atoms with van der Waals surface area (Å²) in [6.07, 6.45) is 5.30. The molecule has 0 radical (unpaired) electrons. The van der Waals surface area contributed by atoms with Gasteiger partial charge in [-0.3, -0.25) is 10.1 Å². The van der Waals surface area contributed by atoms with Crippen molar-refractivity contribution in [1.29, 1.82) is 0 Å². The number of rotatable bonds is 5. The predicted octanol–water partition coefficient (Wildman–Crippen LogP) is 2.60. The van der Waals surface area contributed by atoms with Crippen LogP contribution in [0.25, 0.3) is 0 Å². The fourth-order valence-corrected chi connectivity index (χ4v) is 2.04. The van der Waals surface area contributed by atoms with Crippen molar-refractivity contribution >= 4 is 11.4 Å². The molecular weight excluding hydrogens is 244 g/mol. The molecule has 2 aromatic rings. The summed E-state index contributed by atoms with van der Waals surface area (Å²) in [5.41, 5.74) is 1.35. The third-order valence-corrected chi connectivity index (χ3v) is 2.87. The number of imidazole rings is 1. The van der Waals surface area contributed by atoms with E-state index in [2.05, 4.69) is 10.3 Å². The minimum absolute atomic E-state index is 0.0645.